The van der Waals surface area contributed by atoms with E-state index in [1.54, 1.807) is 0 Å². The van der Waals surface area contributed by atoms with Crippen LogP contribution in [0.1, 0.15) is 19.4 Å². The van der Waals surface area contributed by atoms with Crippen molar-refractivity contribution in [2.45, 2.75) is 25.9 Å². The Morgan fingerprint density at radius 3 is 2.82 bits per heavy atom. The molecule has 0 radical (unpaired) electrons. The zero-order valence-electron chi connectivity index (χ0n) is 10.8. The molecule has 0 aliphatic carbocycles. The van der Waals surface area contributed by atoms with Crippen LogP contribution in [0.3, 0.4) is 0 Å². The fourth-order valence-electron chi connectivity index (χ4n) is 2.26. The third-order valence-electron chi connectivity index (χ3n) is 3.42. The van der Waals surface area contributed by atoms with Crippen molar-refractivity contribution < 1.29 is 4.74 Å². The van der Waals surface area contributed by atoms with Crippen molar-refractivity contribution in [1.82, 2.24) is 15.2 Å². The summed E-state index contributed by atoms with van der Waals surface area (Å²) in [6.45, 7) is 10.3. The van der Waals surface area contributed by atoms with Crippen molar-refractivity contribution >= 4 is 0 Å². The molecule has 1 aliphatic rings. The van der Waals surface area contributed by atoms with Gasteiger partial charge in [-0.1, -0.05) is 0 Å². The number of morpholine rings is 1. The minimum absolute atomic E-state index is 0.195. The van der Waals surface area contributed by atoms with Crippen molar-refractivity contribution in [2.75, 3.05) is 32.8 Å². The summed E-state index contributed by atoms with van der Waals surface area (Å²) in [5, 5.41) is 3.52. The number of ether oxygens (including phenoxy) is 1. The normalized spacial score (nSPS) is 18.5. The molecule has 1 aromatic rings. The Labute approximate surface area is 103 Å². The monoisotopic (exact) mass is 237 g/mol. The molecule has 1 fully saturated rings. The number of H-pyrrole nitrogens is 1. The second kappa shape index (κ2) is 5.67. The zero-order valence-corrected chi connectivity index (χ0v) is 10.8. The van der Waals surface area contributed by atoms with Crippen LogP contribution in [0, 0.1) is 0 Å². The molecular weight excluding hydrogens is 214 g/mol. The van der Waals surface area contributed by atoms with E-state index in [2.05, 4.69) is 35.1 Å². The maximum Gasteiger partial charge on any atom is 0.0594 e. The quantitative estimate of drug-likeness (QED) is 0.809. The third-order valence-corrected chi connectivity index (χ3v) is 3.42. The lowest BCUT2D eigenvalue weighted by atomic mass is 10.0. The van der Waals surface area contributed by atoms with E-state index in [0.29, 0.717) is 0 Å². The van der Waals surface area contributed by atoms with E-state index in [1.807, 2.05) is 12.4 Å². The van der Waals surface area contributed by atoms with Crippen LogP contribution >= 0.6 is 0 Å². The van der Waals surface area contributed by atoms with Crippen molar-refractivity contribution in [1.29, 1.82) is 0 Å². The maximum absolute atomic E-state index is 5.39. The van der Waals surface area contributed by atoms with Crippen molar-refractivity contribution in [3.05, 3.63) is 24.0 Å². The topological polar surface area (TPSA) is 40.3 Å². The molecule has 0 bridgehead atoms. The first kappa shape index (κ1) is 12.6. The second-order valence-electron chi connectivity index (χ2n) is 5.23. The lowest BCUT2D eigenvalue weighted by Crippen LogP contribution is -2.54. The Balaban J connectivity index is 1.76. The van der Waals surface area contributed by atoms with Gasteiger partial charge in [0, 0.05) is 44.1 Å². The highest BCUT2D eigenvalue weighted by atomic mass is 16.5. The van der Waals surface area contributed by atoms with Crippen LogP contribution in [0.25, 0.3) is 0 Å². The molecule has 0 spiro atoms. The van der Waals surface area contributed by atoms with Gasteiger partial charge in [0.2, 0.25) is 0 Å². The van der Waals surface area contributed by atoms with Crippen LogP contribution in [0.4, 0.5) is 0 Å². The predicted octanol–water partition coefficient (Wildman–Crippen LogP) is 1.22. The molecule has 17 heavy (non-hydrogen) atoms. The van der Waals surface area contributed by atoms with Crippen LogP contribution in [0.5, 0.6) is 0 Å². The summed E-state index contributed by atoms with van der Waals surface area (Å²) >= 11 is 0. The number of nitrogens with one attached hydrogen (secondary N) is 2. The van der Waals surface area contributed by atoms with Crippen molar-refractivity contribution in [3.8, 4) is 0 Å². The minimum atomic E-state index is 0.195. The van der Waals surface area contributed by atoms with Crippen molar-refractivity contribution in [3.63, 3.8) is 0 Å². The number of hydrogen-bond donors (Lipinski definition) is 2. The largest absolute Gasteiger partial charge is 0.379 e. The van der Waals surface area contributed by atoms with Crippen LogP contribution in [-0.4, -0.2) is 48.3 Å². The summed E-state index contributed by atoms with van der Waals surface area (Å²) in [5.41, 5.74) is 1.50. The molecule has 0 aromatic carbocycles. The SMILES string of the molecule is CC(C)(CNCc1cc[nH]c1)N1CCOCC1. The molecular formula is C13H23N3O. The molecule has 0 amide bonds. The Hall–Kier alpha value is -0.840. The van der Waals surface area contributed by atoms with Gasteiger partial charge in [-0.15, -0.1) is 0 Å². The number of rotatable bonds is 5. The van der Waals surface area contributed by atoms with Crippen LogP contribution in [0.15, 0.2) is 18.5 Å². The summed E-state index contributed by atoms with van der Waals surface area (Å²) in [6, 6.07) is 2.11. The molecule has 2 heterocycles. The zero-order chi connectivity index (χ0) is 12.1. The Morgan fingerprint density at radius 1 is 1.41 bits per heavy atom. The van der Waals surface area contributed by atoms with Gasteiger partial charge in [-0.05, 0) is 25.5 Å². The average molecular weight is 237 g/mol. The van der Waals surface area contributed by atoms with E-state index < -0.39 is 0 Å². The molecule has 0 unspecified atom stereocenters. The van der Waals surface area contributed by atoms with Gasteiger partial charge in [0.15, 0.2) is 0 Å². The van der Waals surface area contributed by atoms with E-state index >= 15 is 0 Å². The van der Waals surface area contributed by atoms with E-state index in [4.69, 9.17) is 4.74 Å². The lowest BCUT2D eigenvalue weighted by Gasteiger charge is -2.41. The molecule has 4 nitrogen and oxygen atoms in total. The number of nitrogens with zero attached hydrogens (tertiary/aromatic N) is 1. The summed E-state index contributed by atoms with van der Waals surface area (Å²) in [4.78, 5) is 5.57. The molecule has 1 saturated heterocycles. The fourth-order valence-corrected chi connectivity index (χ4v) is 2.26. The number of hydrogen-bond acceptors (Lipinski definition) is 3. The minimum Gasteiger partial charge on any atom is -0.379 e. The highest BCUT2D eigenvalue weighted by Gasteiger charge is 2.27. The summed E-state index contributed by atoms with van der Waals surface area (Å²) in [5.74, 6) is 0. The van der Waals surface area contributed by atoms with Gasteiger partial charge in [0.05, 0.1) is 13.2 Å². The van der Waals surface area contributed by atoms with E-state index in [1.165, 1.54) is 5.56 Å². The van der Waals surface area contributed by atoms with Gasteiger partial charge >= 0.3 is 0 Å². The first-order valence-corrected chi connectivity index (χ1v) is 6.34. The summed E-state index contributed by atoms with van der Waals surface area (Å²) in [6.07, 6.45) is 4.00. The van der Waals surface area contributed by atoms with Gasteiger partial charge in [0.1, 0.15) is 0 Å². The first-order chi connectivity index (χ1) is 8.18. The van der Waals surface area contributed by atoms with Crippen molar-refractivity contribution in [2.24, 2.45) is 0 Å². The molecule has 0 saturated carbocycles. The predicted molar refractivity (Wildman–Crippen MR) is 69.0 cm³/mol. The Bertz CT molecular complexity index is 315. The summed E-state index contributed by atoms with van der Waals surface area (Å²) in [7, 11) is 0. The lowest BCUT2D eigenvalue weighted by molar-refractivity contribution is -0.00966. The maximum atomic E-state index is 5.39. The summed E-state index contributed by atoms with van der Waals surface area (Å²) < 4.78 is 5.39. The molecule has 2 rings (SSSR count). The molecule has 1 aliphatic heterocycles. The van der Waals surface area contributed by atoms with E-state index in [9.17, 15) is 0 Å². The Morgan fingerprint density at radius 2 is 2.18 bits per heavy atom. The smallest absolute Gasteiger partial charge is 0.0594 e. The van der Waals surface area contributed by atoms with E-state index in [-0.39, 0.29) is 5.54 Å². The molecule has 1 aromatic heterocycles. The van der Waals surface area contributed by atoms with Gasteiger partial charge in [0.25, 0.3) is 0 Å². The Kier molecular flexibility index (Phi) is 4.20. The van der Waals surface area contributed by atoms with Crippen LogP contribution in [-0.2, 0) is 11.3 Å². The van der Waals surface area contributed by atoms with Gasteiger partial charge < -0.3 is 15.0 Å². The molecule has 0 atom stereocenters. The van der Waals surface area contributed by atoms with E-state index in [0.717, 1.165) is 39.4 Å². The number of aromatic nitrogens is 1. The standard InChI is InChI=1S/C13H23N3O/c1-13(2,16-5-7-17-8-6-16)11-15-10-12-3-4-14-9-12/h3-4,9,14-15H,5-8,10-11H2,1-2H3. The third kappa shape index (κ3) is 3.56. The van der Waals surface area contributed by atoms with Crippen LogP contribution < -0.4 is 5.32 Å². The average Bonchev–Trinajstić information content (AvgIpc) is 2.83. The highest BCUT2D eigenvalue weighted by Crippen LogP contribution is 2.15. The molecule has 2 N–H and O–H groups in total. The first-order valence-electron chi connectivity index (χ1n) is 6.34. The van der Waals surface area contributed by atoms with Gasteiger partial charge in [-0.2, -0.15) is 0 Å². The fraction of sp³-hybridized carbons (Fsp3) is 0.692. The highest BCUT2D eigenvalue weighted by molar-refractivity contribution is 5.07. The molecule has 96 valence electrons. The van der Waals surface area contributed by atoms with Gasteiger partial charge in [-0.25, -0.2) is 0 Å². The van der Waals surface area contributed by atoms with Crippen LogP contribution in [0.2, 0.25) is 0 Å². The second-order valence-corrected chi connectivity index (χ2v) is 5.23. The number of aromatic amines is 1. The van der Waals surface area contributed by atoms with Gasteiger partial charge in [-0.3, -0.25) is 4.90 Å². The molecule has 4 heteroatoms.